The van der Waals surface area contributed by atoms with E-state index >= 15 is 0 Å². The molecule has 0 spiro atoms. The Morgan fingerprint density at radius 2 is 1.92 bits per heavy atom. The van der Waals surface area contributed by atoms with Crippen LogP contribution in [0.25, 0.3) is 0 Å². The Morgan fingerprint density at radius 3 is 2.50 bits per heavy atom. The van der Waals surface area contributed by atoms with Gasteiger partial charge in [0.15, 0.2) is 0 Å². The molecule has 1 amide bonds. The van der Waals surface area contributed by atoms with E-state index in [2.05, 4.69) is 5.32 Å². The van der Waals surface area contributed by atoms with E-state index in [-0.39, 0.29) is 12.3 Å². The van der Waals surface area contributed by atoms with E-state index < -0.39 is 30.1 Å². The Bertz CT molecular complexity index is 604. The summed E-state index contributed by atoms with van der Waals surface area (Å²) < 4.78 is 0. The van der Waals surface area contributed by atoms with Crippen molar-refractivity contribution in [3.63, 3.8) is 0 Å². The van der Waals surface area contributed by atoms with Crippen molar-refractivity contribution in [1.29, 1.82) is 0 Å². The summed E-state index contributed by atoms with van der Waals surface area (Å²) in [5, 5.41) is 21.4. The first-order chi connectivity index (χ1) is 11.4. The Labute approximate surface area is 140 Å². The van der Waals surface area contributed by atoms with Gasteiger partial charge in [0.1, 0.15) is 12.1 Å². The van der Waals surface area contributed by atoms with E-state index in [0.29, 0.717) is 19.4 Å². The number of amides is 1. The van der Waals surface area contributed by atoms with Gasteiger partial charge in [-0.3, -0.25) is 14.9 Å². The molecule has 2 rings (SSSR count). The summed E-state index contributed by atoms with van der Waals surface area (Å²) in [6.45, 7) is 1.96. The Balaban J connectivity index is 2.02. The van der Waals surface area contributed by atoms with Gasteiger partial charge >= 0.3 is 11.9 Å². The molecule has 1 aromatic carbocycles. The number of carboxylic acid groups (broad SMARTS) is 2. The zero-order valence-corrected chi connectivity index (χ0v) is 13.5. The maximum Gasteiger partial charge on any atom is 0.326 e. The van der Waals surface area contributed by atoms with Crippen LogP contribution in [0, 0.1) is 0 Å². The second-order valence-electron chi connectivity index (χ2n) is 6.00. The lowest BCUT2D eigenvalue weighted by molar-refractivity contribution is -0.149. The number of benzene rings is 1. The van der Waals surface area contributed by atoms with Gasteiger partial charge in [0, 0.05) is 6.54 Å². The zero-order chi connectivity index (χ0) is 17.7. The fourth-order valence-corrected chi connectivity index (χ4v) is 2.98. The highest BCUT2D eigenvalue weighted by atomic mass is 16.4. The van der Waals surface area contributed by atoms with Crippen LogP contribution in [-0.2, 0) is 20.8 Å². The highest BCUT2D eigenvalue weighted by Crippen LogP contribution is 2.18. The van der Waals surface area contributed by atoms with Crippen LogP contribution in [0.4, 0.5) is 0 Å². The molecule has 0 saturated carbocycles. The molecule has 3 N–H and O–H groups in total. The summed E-state index contributed by atoms with van der Waals surface area (Å²) in [6, 6.07) is 6.63. The summed E-state index contributed by atoms with van der Waals surface area (Å²) in [5.41, 5.74) is 0.849. The van der Waals surface area contributed by atoms with Gasteiger partial charge in [0.05, 0.1) is 6.04 Å². The maximum absolute atomic E-state index is 12.5. The molecule has 7 heteroatoms. The van der Waals surface area contributed by atoms with Crippen molar-refractivity contribution in [1.82, 2.24) is 10.2 Å². The van der Waals surface area contributed by atoms with Crippen molar-refractivity contribution in [2.45, 2.75) is 44.3 Å². The molecule has 0 bridgehead atoms. The lowest BCUT2D eigenvalue weighted by Gasteiger charge is -2.27. The number of rotatable bonds is 7. The first kappa shape index (κ1) is 17.9. The van der Waals surface area contributed by atoms with Crippen LogP contribution < -0.4 is 5.32 Å². The monoisotopic (exact) mass is 334 g/mol. The van der Waals surface area contributed by atoms with E-state index in [9.17, 15) is 24.6 Å². The lowest BCUT2D eigenvalue weighted by atomic mass is 10.0. The van der Waals surface area contributed by atoms with Crippen molar-refractivity contribution in [2.75, 3.05) is 6.54 Å². The summed E-state index contributed by atoms with van der Waals surface area (Å²) in [4.78, 5) is 36.5. The molecule has 3 atom stereocenters. The molecule has 130 valence electrons. The number of likely N-dealkylation sites (tertiary alicyclic amines) is 1. The number of aliphatic carboxylic acids is 2. The van der Waals surface area contributed by atoms with Crippen LogP contribution >= 0.6 is 0 Å². The highest BCUT2D eigenvalue weighted by molar-refractivity contribution is 5.88. The van der Waals surface area contributed by atoms with Crippen molar-refractivity contribution in [3.8, 4) is 0 Å². The van der Waals surface area contributed by atoms with E-state index in [1.54, 1.807) is 6.92 Å². The van der Waals surface area contributed by atoms with Crippen molar-refractivity contribution >= 4 is 17.8 Å². The third kappa shape index (κ3) is 4.32. The van der Waals surface area contributed by atoms with Crippen LogP contribution in [0.1, 0.15) is 25.3 Å². The third-order valence-corrected chi connectivity index (χ3v) is 4.22. The zero-order valence-electron chi connectivity index (χ0n) is 13.5. The molecule has 1 aromatic rings. The van der Waals surface area contributed by atoms with Crippen LogP contribution in [0.5, 0.6) is 0 Å². The Kier molecular flexibility index (Phi) is 5.92. The van der Waals surface area contributed by atoms with E-state index in [1.165, 1.54) is 4.90 Å². The van der Waals surface area contributed by atoms with E-state index in [4.69, 9.17) is 0 Å². The number of carbonyl (C=O) groups is 3. The minimum absolute atomic E-state index is 0.246. The molecule has 24 heavy (non-hydrogen) atoms. The quantitative estimate of drug-likeness (QED) is 0.679. The summed E-state index contributed by atoms with van der Waals surface area (Å²) in [6.07, 6.45) is 1.32. The average Bonchev–Trinajstić information content (AvgIpc) is 3.04. The van der Waals surface area contributed by atoms with Gasteiger partial charge in [-0.15, -0.1) is 0 Å². The van der Waals surface area contributed by atoms with Crippen LogP contribution in [-0.4, -0.2) is 57.6 Å². The second-order valence-corrected chi connectivity index (χ2v) is 6.00. The normalized spacial score (nSPS) is 19.7. The molecule has 0 radical (unpaired) electrons. The number of carbonyl (C=O) groups excluding carboxylic acids is 1. The Morgan fingerprint density at radius 1 is 1.25 bits per heavy atom. The molecule has 1 aliphatic heterocycles. The topological polar surface area (TPSA) is 107 Å². The van der Waals surface area contributed by atoms with Gasteiger partial charge in [-0.1, -0.05) is 30.3 Å². The smallest absolute Gasteiger partial charge is 0.326 e. The fraction of sp³-hybridized carbons (Fsp3) is 0.471. The third-order valence-electron chi connectivity index (χ3n) is 4.22. The molecule has 7 nitrogen and oxygen atoms in total. The minimum atomic E-state index is -1.05. The highest BCUT2D eigenvalue weighted by Gasteiger charge is 2.36. The van der Waals surface area contributed by atoms with Crippen molar-refractivity contribution < 1.29 is 24.6 Å². The van der Waals surface area contributed by atoms with Gasteiger partial charge in [-0.05, 0) is 31.7 Å². The largest absolute Gasteiger partial charge is 0.480 e. The fourth-order valence-electron chi connectivity index (χ4n) is 2.98. The standard InChI is InChI=1S/C17H22N2O5/c1-11(15(20)19-9-5-8-14(19)17(23)24)18-13(16(21)22)10-12-6-3-2-4-7-12/h2-4,6-7,11,13-14,18H,5,8-10H2,1H3,(H,21,22)(H,23,24)/t11-,13?,14-/m0/s1. The van der Waals surface area contributed by atoms with Crippen molar-refractivity contribution in [2.24, 2.45) is 0 Å². The molecule has 1 heterocycles. The van der Waals surface area contributed by atoms with Crippen LogP contribution in [0.3, 0.4) is 0 Å². The van der Waals surface area contributed by atoms with Crippen molar-refractivity contribution in [3.05, 3.63) is 35.9 Å². The maximum atomic E-state index is 12.5. The van der Waals surface area contributed by atoms with Gasteiger partial charge in [-0.2, -0.15) is 0 Å². The summed E-state index contributed by atoms with van der Waals surface area (Å²) in [5.74, 6) is -2.44. The molecular formula is C17H22N2O5. The van der Waals surface area contributed by atoms with E-state index in [1.807, 2.05) is 30.3 Å². The first-order valence-corrected chi connectivity index (χ1v) is 7.96. The number of carboxylic acids is 2. The van der Waals surface area contributed by atoms with Crippen LogP contribution in [0.15, 0.2) is 30.3 Å². The number of hydrogen-bond donors (Lipinski definition) is 3. The first-order valence-electron chi connectivity index (χ1n) is 7.96. The van der Waals surface area contributed by atoms with Gasteiger partial charge < -0.3 is 15.1 Å². The summed E-state index contributed by atoms with van der Waals surface area (Å²) in [7, 11) is 0. The number of hydrogen-bond acceptors (Lipinski definition) is 4. The SMILES string of the molecule is C[C@H](NC(Cc1ccccc1)C(=O)O)C(=O)N1CCC[C@H]1C(=O)O. The molecule has 1 fully saturated rings. The van der Waals surface area contributed by atoms with Crippen LogP contribution in [0.2, 0.25) is 0 Å². The molecule has 0 aromatic heterocycles. The summed E-state index contributed by atoms with van der Waals surface area (Å²) >= 11 is 0. The molecule has 1 aliphatic rings. The number of nitrogens with zero attached hydrogens (tertiary/aromatic N) is 1. The van der Waals surface area contributed by atoms with Gasteiger partial charge in [0.2, 0.25) is 5.91 Å². The molecule has 0 aliphatic carbocycles. The van der Waals surface area contributed by atoms with Gasteiger partial charge in [-0.25, -0.2) is 4.79 Å². The minimum Gasteiger partial charge on any atom is -0.480 e. The molecular weight excluding hydrogens is 312 g/mol. The van der Waals surface area contributed by atoms with Gasteiger partial charge in [0.25, 0.3) is 0 Å². The molecule has 1 saturated heterocycles. The second kappa shape index (κ2) is 7.92. The Hall–Kier alpha value is -2.41. The van der Waals surface area contributed by atoms with E-state index in [0.717, 1.165) is 5.56 Å². The predicted molar refractivity (Wildman–Crippen MR) is 86.5 cm³/mol. The average molecular weight is 334 g/mol. The lowest BCUT2D eigenvalue weighted by Crippen LogP contribution is -2.53. The number of nitrogens with one attached hydrogen (secondary N) is 1. The predicted octanol–water partition coefficient (Wildman–Crippen LogP) is 0.736. The molecule has 1 unspecified atom stereocenters.